The number of nitrogens with one attached hydrogen (secondary N) is 2. The van der Waals surface area contributed by atoms with Gasteiger partial charge in [0.25, 0.3) is 0 Å². The summed E-state index contributed by atoms with van der Waals surface area (Å²) in [4.78, 5) is 37.1. The van der Waals surface area contributed by atoms with Gasteiger partial charge in [0.05, 0.1) is 11.8 Å². The van der Waals surface area contributed by atoms with Crippen molar-refractivity contribution in [2.24, 2.45) is 0 Å². The molecule has 2 aromatic carbocycles. The van der Waals surface area contributed by atoms with Crippen molar-refractivity contribution in [1.29, 1.82) is 0 Å². The summed E-state index contributed by atoms with van der Waals surface area (Å²) in [7, 11) is 0. The van der Waals surface area contributed by atoms with Gasteiger partial charge in [0.2, 0.25) is 17.7 Å². The molecule has 3 amide bonds. The summed E-state index contributed by atoms with van der Waals surface area (Å²) in [5.74, 6) is 0.0481. The van der Waals surface area contributed by atoms with E-state index in [1.165, 1.54) is 18.7 Å². The third-order valence-corrected chi connectivity index (χ3v) is 3.97. The molecule has 0 aliphatic carbocycles. The zero-order chi connectivity index (χ0) is 21.4. The van der Waals surface area contributed by atoms with Crippen molar-refractivity contribution < 1.29 is 19.1 Å². The highest BCUT2D eigenvalue weighted by Crippen LogP contribution is 2.25. The number of carbonyl (C=O) groups is 3. The van der Waals surface area contributed by atoms with Crippen LogP contribution >= 0.6 is 0 Å². The van der Waals surface area contributed by atoms with E-state index < -0.39 is 0 Å². The predicted molar refractivity (Wildman–Crippen MR) is 114 cm³/mol. The molecule has 0 unspecified atom stereocenters. The fourth-order valence-corrected chi connectivity index (χ4v) is 2.75. The molecule has 7 heteroatoms. The normalized spacial score (nSPS) is 10.4. The van der Waals surface area contributed by atoms with E-state index in [0.717, 1.165) is 0 Å². The largest absolute Gasteiger partial charge is 0.489 e. The molecule has 0 spiro atoms. The van der Waals surface area contributed by atoms with E-state index >= 15 is 0 Å². The van der Waals surface area contributed by atoms with Gasteiger partial charge in [0, 0.05) is 38.2 Å². The van der Waals surface area contributed by atoms with Crippen molar-refractivity contribution in [2.45, 2.75) is 40.2 Å². The smallest absolute Gasteiger partial charge is 0.226 e. The standard InChI is InChI=1S/C22H27N3O4/c1-15(2)29-21-8-6-5-7-20(21)24-22(28)13-14-25(17(4)27)19-11-9-18(10-12-19)23-16(3)26/h5-12,15H,13-14H2,1-4H3,(H,23,26)(H,24,28). The zero-order valence-electron chi connectivity index (χ0n) is 17.2. The second-order valence-electron chi connectivity index (χ2n) is 6.86. The number of benzene rings is 2. The first-order chi connectivity index (χ1) is 13.8. The molecule has 0 heterocycles. The summed E-state index contributed by atoms with van der Waals surface area (Å²) < 4.78 is 5.71. The van der Waals surface area contributed by atoms with E-state index in [9.17, 15) is 14.4 Å². The molecule has 0 aliphatic rings. The maximum absolute atomic E-state index is 12.4. The lowest BCUT2D eigenvalue weighted by molar-refractivity contribution is -0.117. The number of anilines is 3. The summed E-state index contributed by atoms with van der Waals surface area (Å²) in [6.45, 7) is 6.94. The number of ether oxygens (including phenoxy) is 1. The summed E-state index contributed by atoms with van der Waals surface area (Å²) in [5.41, 5.74) is 1.90. The topological polar surface area (TPSA) is 87.7 Å². The van der Waals surface area contributed by atoms with Gasteiger partial charge in [0.15, 0.2) is 0 Å². The van der Waals surface area contributed by atoms with Gasteiger partial charge in [-0.15, -0.1) is 0 Å². The number of para-hydroxylation sites is 2. The minimum Gasteiger partial charge on any atom is -0.489 e. The molecule has 0 saturated heterocycles. The van der Waals surface area contributed by atoms with Gasteiger partial charge in [-0.3, -0.25) is 14.4 Å². The maximum atomic E-state index is 12.4. The second kappa shape index (κ2) is 10.3. The van der Waals surface area contributed by atoms with Crippen LogP contribution in [0.25, 0.3) is 0 Å². The molecule has 7 nitrogen and oxygen atoms in total. The van der Waals surface area contributed by atoms with Crippen LogP contribution in [0.5, 0.6) is 5.75 Å². The highest BCUT2D eigenvalue weighted by atomic mass is 16.5. The molecule has 2 aromatic rings. The summed E-state index contributed by atoms with van der Waals surface area (Å²) >= 11 is 0. The number of hydrogen-bond acceptors (Lipinski definition) is 4. The number of amides is 3. The lowest BCUT2D eigenvalue weighted by Gasteiger charge is -2.21. The fraction of sp³-hybridized carbons (Fsp3) is 0.318. The van der Waals surface area contributed by atoms with Gasteiger partial charge in [-0.05, 0) is 50.2 Å². The van der Waals surface area contributed by atoms with Crippen LogP contribution in [-0.2, 0) is 14.4 Å². The van der Waals surface area contributed by atoms with Gasteiger partial charge in [-0.25, -0.2) is 0 Å². The molecule has 0 aliphatic heterocycles. The highest BCUT2D eigenvalue weighted by molar-refractivity contribution is 5.96. The van der Waals surface area contributed by atoms with Crippen molar-refractivity contribution in [3.8, 4) is 5.75 Å². The van der Waals surface area contributed by atoms with E-state index in [-0.39, 0.29) is 36.8 Å². The minimum atomic E-state index is -0.217. The highest BCUT2D eigenvalue weighted by Gasteiger charge is 2.15. The Hall–Kier alpha value is -3.35. The van der Waals surface area contributed by atoms with E-state index in [0.29, 0.717) is 22.8 Å². The predicted octanol–water partition coefficient (Wildman–Crippen LogP) is 3.81. The Morgan fingerprint density at radius 1 is 0.966 bits per heavy atom. The zero-order valence-corrected chi connectivity index (χ0v) is 17.2. The fourth-order valence-electron chi connectivity index (χ4n) is 2.75. The third-order valence-electron chi connectivity index (χ3n) is 3.97. The van der Waals surface area contributed by atoms with Crippen LogP contribution in [0.1, 0.15) is 34.1 Å². The molecule has 0 atom stereocenters. The molecule has 0 radical (unpaired) electrons. The Kier molecular flexibility index (Phi) is 7.77. The summed E-state index contributed by atoms with van der Waals surface area (Å²) in [6, 6.07) is 14.1. The molecule has 0 aromatic heterocycles. The third kappa shape index (κ3) is 6.95. The SMILES string of the molecule is CC(=O)Nc1ccc(N(CCC(=O)Nc2ccccc2OC(C)C)C(C)=O)cc1. The Morgan fingerprint density at radius 3 is 2.21 bits per heavy atom. The Balaban J connectivity index is 2.01. The van der Waals surface area contributed by atoms with Crippen molar-refractivity contribution in [2.75, 3.05) is 22.1 Å². The quantitative estimate of drug-likeness (QED) is 0.709. The number of rotatable bonds is 8. The molecule has 2 N–H and O–H groups in total. The van der Waals surface area contributed by atoms with Crippen molar-refractivity contribution in [1.82, 2.24) is 0 Å². The minimum absolute atomic E-state index is 0.0123. The van der Waals surface area contributed by atoms with Gasteiger partial charge in [-0.2, -0.15) is 0 Å². The van der Waals surface area contributed by atoms with Crippen LogP contribution in [0.4, 0.5) is 17.1 Å². The average Bonchev–Trinajstić information content (AvgIpc) is 2.63. The van der Waals surface area contributed by atoms with E-state index in [1.54, 1.807) is 36.4 Å². The van der Waals surface area contributed by atoms with Crippen LogP contribution in [0.3, 0.4) is 0 Å². The van der Waals surface area contributed by atoms with E-state index in [2.05, 4.69) is 10.6 Å². The first kappa shape index (κ1) is 21.9. The average molecular weight is 397 g/mol. The Labute approximate surface area is 171 Å². The molecule has 0 saturated carbocycles. The molecule has 29 heavy (non-hydrogen) atoms. The Bertz CT molecular complexity index is 863. The van der Waals surface area contributed by atoms with Crippen molar-refractivity contribution in [3.63, 3.8) is 0 Å². The molecular weight excluding hydrogens is 370 g/mol. The molecule has 154 valence electrons. The van der Waals surface area contributed by atoms with Crippen LogP contribution in [0.15, 0.2) is 48.5 Å². The number of nitrogens with zero attached hydrogens (tertiary/aromatic N) is 1. The Morgan fingerprint density at radius 2 is 1.62 bits per heavy atom. The lowest BCUT2D eigenvalue weighted by Crippen LogP contribution is -2.32. The lowest BCUT2D eigenvalue weighted by atomic mass is 10.2. The molecular formula is C22H27N3O4. The van der Waals surface area contributed by atoms with E-state index in [1.807, 2.05) is 26.0 Å². The van der Waals surface area contributed by atoms with Crippen LogP contribution in [0.2, 0.25) is 0 Å². The van der Waals surface area contributed by atoms with Crippen LogP contribution < -0.4 is 20.3 Å². The van der Waals surface area contributed by atoms with Gasteiger partial charge < -0.3 is 20.3 Å². The monoisotopic (exact) mass is 397 g/mol. The molecule has 0 bridgehead atoms. The van der Waals surface area contributed by atoms with Gasteiger partial charge in [-0.1, -0.05) is 12.1 Å². The maximum Gasteiger partial charge on any atom is 0.226 e. The van der Waals surface area contributed by atoms with E-state index in [4.69, 9.17) is 4.74 Å². The van der Waals surface area contributed by atoms with Crippen molar-refractivity contribution in [3.05, 3.63) is 48.5 Å². The number of carbonyl (C=O) groups excluding carboxylic acids is 3. The molecule has 0 fully saturated rings. The number of hydrogen-bond donors (Lipinski definition) is 2. The first-order valence-corrected chi connectivity index (χ1v) is 9.47. The summed E-state index contributed by atoms with van der Waals surface area (Å²) in [5, 5.41) is 5.52. The van der Waals surface area contributed by atoms with Crippen LogP contribution in [0, 0.1) is 0 Å². The van der Waals surface area contributed by atoms with Gasteiger partial charge >= 0.3 is 0 Å². The summed E-state index contributed by atoms with van der Waals surface area (Å²) in [6.07, 6.45) is 0.116. The second-order valence-corrected chi connectivity index (χ2v) is 6.86. The first-order valence-electron chi connectivity index (χ1n) is 9.47. The van der Waals surface area contributed by atoms with Crippen molar-refractivity contribution >= 4 is 34.8 Å². The molecule has 2 rings (SSSR count). The van der Waals surface area contributed by atoms with Crippen LogP contribution in [-0.4, -0.2) is 30.4 Å². The van der Waals surface area contributed by atoms with Gasteiger partial charge in [0.1, 0.15) is 5.75 Å².